The number of pyridine rings is 1. The Morgan fingerprint density at radius 1 is 1.06 bits per heavy atom. The summed E-state index contributed by atoms with van der Waals surface area (Å²) in [5, 5.41) is 30.2. The maximum atomic E-state index is 13.3. The lowest BCUT2D eigenvalue weighted by Crippen LogP contribution is -2.19. The van der Waals surface area contributed by atoms with Crippen LogP contribution in [0.15, 0.2) is 57.5 Å². The van der Waals surface area contributed by atoms with E-state index in [4.69, 9.17) is 6.57 Å². The van der Waals surface area contributed by atoms with Gasteiger partial charge >= 0.3 is 0 Å². The summed E-state index contributed by atoms with van der Waals surface area (Å²) >= 11 is 1.20. The predicted molar refractivity (Wildman–Crippen MR) is 137 cm³/mol. The first-order chi connectivity index (χ1) is 17.2. The van der Waals surface area contributed by atoms with Crippen LogP contribution in [0.1, 0.15) is 32.1 Å². The minimum absolute atomic E-state index is 0.108. The van der Waals surface area contributed by atoms with Crippen molar-refractivity contribution in [3.05, 3.63) is 91.5 Å². The van der Waals surface area contributed by atoms with E-state index >= 15 is 0 Å². The third-order valence-corrected chi connectivity index (χ3v) is 5.99. The highest BCUT2D eigenvalue weighted by molar-refractivity contribution is 7.14. The molecule has 0 aliphatic carbocycles. The molecular weight excluding hydrogens is 478 g/mol. The minimum Gasteiger partial charge on any atom is -0.502 e. The quantitative estimate of drug-likeness (QED) is 0.263. The Balaban J connectivity index is 1.70. The van der Waals surface area contributed by atoms with Gasteiger partial charge in [0.05, 0.1) is 12.3 Å². The van der Waals surface area contributed by atoms with Gasteiger partial charge in [0.1, 0.15) is 10.7 Å². The zero-order chi connectivity index (χ0) is 26.0. The molecule has 4 rings (SSSR count). The minimum atomic E-state index is -0.671. The van der Waals surface area contributed by atoms with E-state index in [2.05, 4.69) is 30.6 Å². The Hall–Kier alpha value is -4.69. The largest absolute Gasteiger partial charge is 0.502 e. The lowest BCUT2D eigenvalue weighted by molar-refractivity contribution is 0.102. The van der Waals surface area contributed by atoms with Gasteiger partial charge in [0.2, 0.25) is 5.88 Å². The van der Waals surface area contributed by atoms with Crippen LogP contribution in [-0.2, 0) is 0 Å². The third kappa shape index (κ3) is 4.89. The van der Waals surface area contributed by atoms with E-state index in [1.54, 1.807) is 6.92 Å². The lowest BCUT2D eigenvalue weighted by Gasteiger charge is -2.14. The lowest BCUT2D eigenvalue weighted by atomic mass is 10.1. The molecule has 0 saturated carbocycles. The van der Waals surface area contributed by atoms with Gasteiger partial charge in [-0.25, -0.2) is 4.85 Å². The Kier molecular flexibility index (Phi) is 6.71. The number of aromatic nitrogens is 3. The van der Waals surface area contributed by atoms with Gasteiger partial charge in [0.25, 0.3) is 22.3 Å². The molecule has 0 unspecified atom stereocenters. The molecule has 2 N–H and O–H groups in total. The summed E-state index contributed by atoms with van der Waals surface area (Å²) in [5.74, 6) is -0.846. The van der Waals surface area contributed by atoms with Gasteiger partial charge in [-0.1, -0.05) is 17.4 Å². The van der Waals surface area contributed by atoms with Crippen LogP contribution >= 0.6 is 11.3 Å². The SMILES string of the molecule is [C-]#[N+]c1c(C)c(N=Nc2nnc(C)s2)c(=O)n(-c2ccc(C(=O)Nc3cc(C)cc(C)c3)cc2)c1O. The van der Waals surface area contributed by atoms with Crippen molar-refractivity contribution in [2.24, 2.45) is 10.2 Å². The Bertz CT molecular complexity index is 1590. The van der Waals surface area contributed by atoms with Crippen LogP contribution in [0.5, 0.6) is 5.88 Å². The van der Waals surface area contributed by atoms with Gasteiger partial charge < -0.3 is 10.4 Å². The van der Waals surface area contributed by atoms with Crippen LogP contribution in [0.3, 0.4) is 0 Å². The summed E-state index contributed by atoms with van der Waals surface area (Å²) < 4.78 is 0.964. The van der Waals surface area contributed by atoms with Gasteiger partial charge in [-0.05, 0) is 80.8 Å². The number of aromatic hydroxyl groups is 1. The highest BCUT2D eigenvalue weighted by atomic mass is 32.1. The number of carbonyl (C=O) groups is 1. The van der Waals surface area contributed by atoms with Crippen molar-refractivity contribution in [1.82, 2.24) is 14.8 Å². The molecule has 2 aromatic heterocycles. The second-order valence-corrected chi connectivity index (χ2v) is 9.24. The first kappa shape index (κ1) is 24.4. The van der Waals surface area contributed by atoms with E-state index in [0.29, 0.717) is 16.3 Å². The number of nitrogens with one attached hydrogen (secondary N) is 1. The number of hydrogen-bond donors (Lipinski definition) is 2. The molecule has 2 heterocycles. The molecule has 4 aromatic rings. The molecular formula is C25H21N7O3S. The molecule has 11 heteroatoms. The molecule has 0 spiro atoms. The summed E-state index contributed by atoms with van der Waals surface area (Å²) in [4.78, 5) is 29.4. The molecule has 0 bridgehead atoms. The molecule has 0 fully saturated rings. The van der Waals surface area contributed by atoms with Crippen molar-refractivity contribution in [3.63, 3.8) is 0 Å². The van der Waals surface area contributed by atoms with Gasteiger partial charge in [-0.2, -0.15) is 0 Å². The maximum absolute atomic E-state index is 13.3. The summed E-state index contributed by atoms with van der Waals surface area (Å²) in [6.45, 7) is 14.7. The zero-order valence-corrected chi connectivity index (χ0v) is 20.7. The van der Waals surface area contributed by atoms with Crippen LogP contribution in [0, 0.1) is 34.3 Å². The average Bonchev–Trinajstić information content (AvgIpc) is 3.24. The molecule has 36 heavy (non-hydrogen) atoms. The van der Waals surface area contributed by atoms with Crippen molar-refractivity contribution in [3.8, 4) is 11.6 Å². The molecule has 0 radical (unpaired) electrons. The first-order valence-electron chi connectivity index (χ1n) is 10.8. The number of hydrogen-bond acceptors (Lipinski definition) is 8. The molecule has 180 valence electrons. The summed E-state index contributed by atoms with van der Waals surface area (Å²) in [6.07, 6.45) is 0. The number of rotatable bonds is 5. The molecule has 0 aliphatic heterocycles. The fourth-order valence-electron chi connectivity index (χ4n) is 3.67. The maximum Gasteiger partial charge on any atom is 0.283 e. The van der Waals surface area contributed by atoms with E-state index in [0.717, 1.165) is 15.7 Å². The van der Waals surface area contributed by atoms with Gasteiger partial charge in [0, 0.05) is 11.3 Å². The number of azo groups is 1. The topological polar surface area (TPSA) is 126 Å². The Morgan fingerprint density at radius 3 is 2.31 bits per heavy atom. The number of carbonyl (C=O) groups excluding carboxylic acids is 1. The van der Waals surface area contributed by atoms with E-state index in [-0.39, 0.29) is 33.7 Å². The monoisotopic (exact) mass is 499 g/mol. The number of amides is 1. The number of nitrogens with zero attached hydrogens (tertiary/aromatic N) is 6. The number of aryl methyl sites for hydroxylation is 3. The second kappa shape index (κ2) is 9.89. The van der Waals surface area contributed by atoms with Crippen LogP contribution < -0.4 is 10.9 Å². The fourth-order valence-corrected chi connectivity index (χ4v) is 4.18. The van der Waals surface area contributed by atoms with E-state index in [1.807, 2.05) is 32.0 Å². The second-order valence-electron chi connectivity index (χ2n) is 8.08. The van der Waals surface area contributed by atoms with E-state index in [9.17, 15) is 14.7 Å². The summed E-state index contributed by atoms with van der Waals surface area (Å²) in [7, 11) is 0. The number of benzene rings is 2. The van der Waals surface area contributed by atoms with Crippen molar-refractivity contribution in [2.45, 2.75) is 27.7 Å². The fraction of sp³-hybridized carbons (Fsp3) is 0.160. The third-order valence-electron chi connectivity index (χ3n) is 5.27. The summed E-state index contributed by atoms with van der Waals surface area (Å²) in [5.41, 5.74) is 2.63. The van der Waals surface area contributed by atoms with E-state index < -0.39 is 11.4 Å². The van der Waals surface area contributed by atoms with Crippen LogP contribution in [0.4, 0.5) is 22.2 Å². The van der Waals surface area contributed by atoms with Gasteiger partial charge in [-0.15, -0.1) is 20.4 Å². The highest BCUT2D eigenvalue weighted by Crippen LogP contribution is 2.36. The Morgan fingerprint density at radius 2 is 1.72 bits per heavy atom. The smallest absolute Gasteiger partial charge is 0.283 e. The van der Waals surface area contributed by atoms with Gasteiger partial charge in [-0.3, -0.25) is 14.2 Å². The number of anilines is 1. The van der Waals surface area contributed by atoms with Crippen molar-refractivity contribution in [2.75, 3.05) is 5.32 Å². The summed E-state index contributed by atoms with van der Waals surface area (Å²) in [6, 6.07) is 11.8. The van der Waals surface area contributed by atoms with Crippen molar-refractivity contribution < 1.29 is 9.90 Å². The molecule has 0 aliphatic rings. The predicted octanol–water partition coefficient (Wildman–Crippen LogP) is 5.85. The standard InChI is InChI=1S/C25H21N7O3S/c1-13-10-14(2)12-18(11-13)27-22(33)17-6-8-19(9-7-17)32-23(34)20(26-5)15(3)21(24(32)35)29-31-25-30-28-16(4)36-25/h6-12,34H,1-4H3,(H,27,33). The van der Waals surface area contributed by atoms with Gasteiger partial charge in [0.15, 0.2) is 0 Å². The molecule has 2 aromatic carbocycles. The average molecular weight is 500 g/mol. The van der Waals surface area contributed by atoms with Crippen LogP contribution in [0.25, 0.3) is 10.5 Å². The normalized spacial score (nSPS) is 11.0. The van der Waals surface area contributed by atoms with Crippen molar-refractivity contribution >= 4 is 39.4 Å². The Labute approximate surface area is 210 Å². The molecule has 0 atom stereocenters. The first-order valence-corrected chi connectivity index (χ1v) is 11.6. The van der Waals surface area contributed by atoms with Crippen LogP contribution in [-0.4, -0.2) is 25.8 Å². The molecule has 0 saturated heterocycles. The molecule has 1 amide bonds. The molecule has 10 nitrogen and oxygen atoms in total. The van der Waals surface area contributed by atoms with Crippen LogP contribution in [0.2, 0.25) is 0 Å². The zero-order valence-electron chi connectivity index (χ0n) is 19.9. The van der Waals surface area contributed by atoms with Crippen molar-refractivity contribution in [1.29, 1.82) is 0 Å². The highest BCUT2D eigenvalue weighted by Gasteiger charge is 2.21. The van der Waals surface area contributed by atoms with E-state index in [1.165, 1.54) is 42.5 Å².